The third kappa shape index (κ3) is 1.89. The fourth-order valence-electron chi connectivity index (χ4n) is 1.99. The van der Waals surface area contributed by atoms with Crippen LogP contribution in [0.3, 0.4) is 0 Å². The molecule has 1 aromatic carbocycles. The number of pyridine rings is 1. The van der Waals surface area contributed by atoms with Gasteiger partial charge in [-0.05, 0) is 12.1 Å². The molecular formula is C14H13N3O2. The first-order chi connectivity index (χ1) is 9.33. The summed E-state index contributed by atoms with van der Waals surface area (Å²) in [6.07, 6.45) is 3.40. The van der Waals surface area contributed by atoms with Crippen LogP contribution in [0.4, 0.5) is 0 Å². The van der Waals surface area contributed by atoms with Crippen molar-refractivity contribution in [2.45, 2.75) is 0 Å². The number of para-hydroxylation sites is 2. The molecule has 2 aromatic heterocycles. The minimum Gasteiger partial charge on any atom is -0.495 e. The second-order valence-electron chi connectivity index (χ2n) is 4.00. The van der Waals surface area contributed by atoms with E-state index in [9.17, 15) is 0 Å². The van der Waals surface area contributed by atoms with E-state index in [4.69, 9.17) is 9.47 Å². The van der Waals surface area contributed by atoms with Gasteiger partial charge in [-0.15, -0.1) is 0 Å². The molecule has 5 nitrogen and oxygen atoms in total. The number of imidazole rings is 1. The van der Waals surface area contributed by atoms with E-state index in [1.165, 1.54) is 0 Å². The van der Waals surface area contributed by atoms with Gasteiger partial charge in [0.1, 0.15) is 12.1 Å². The molecule has 0 N–H and O–H groups in total. The topological polar surface area (TPSA) is 49.2 Å². The first kappa shape index (κ1) is 11.5. The summed E-state index contributed by atoms with van der Waals surface area (Å²) in [7, 11) is 3.21. The molecule has 0 atom stereocenters. The average Bonchev–Trinajstić information content (AvgIpc) is 2.90. The van der Waals surface area contributed by atoms with Crippen LogP contribution in [0.15, 0.2) is 42.9 Å². The number of hydrogen-bond acceptors (Lipinski definition) is 4. The maximum absolute atomic E-state index is 5.37. The summed E-state index contributed by atoms with van der Waals surface area (Å²) in [5, 5.41) is 0. The summed E-state index contributed by atoms with van der Waals surface area (Å²) < 4.78 is 12.4. The highest BCUT2D eigenvalue weighted by molar-refractivity contribution is 5.77. The number of aromatic nitrogens is 3. The standard InChI is InChI=1S/C14H13N3O2/c1-18-10-7-13(19-2)14(15-8-10)17-9-16-11-5-3-4-6-12(11)17/h3-9H,1-2H3. The van der Waals surface area contributed by atoms with E-state index < -0.39 is 0 Å². The van der Waals surface area contributed by atoms with Gasteiger partial charge in [-0.1, -0.05) is 12.1 Å². The van der Waals surface area contributed by atoms with Crippen molar-refractivity contribution < 1.29 is 9.47 Å². The van der Waals surface area contributed by atoms with Gasteiger partial charge >= 0.3 is 0 Å². The van der Waals surface area contributed by atoms with Gasteiger partial charge in [0.05, 0.1) is 31.4 Å². The van der Waals surface area contributed by atoms with Crippen LogP contribution in [0.2, 0.25) is 0 Å². The normalized spacial score (nSPS) is 10.6. The highest BCUT2D eigenvalue weighted by atomic mass is 16.5. The Morgan fingerprint density at radius 1 is 1.05 bits per heavy atom. The van der Waals surface area contributed by atoms with E-state index in [1.807, 2.05) is 28.8 Å². The molecule has 3 aromatic rings. The monoisotopic (exact) mass is 255 g/mol. The SMILES string of the molecule is COc1cnc(-n2cnc3ccccc32)c(OC)c1. The number of hydrogen-bond donors (Lipinski definition) is 0. The summed E-state index contributed by atoms with van der Waals surface area (Å²) in [6, 6.07) is 9.68. The molecule has 0 unspecified atom stereocenters. The molecule has 0 aliphatic carbocycles. The summed E-state index contributed by atoms with van der Waals surface area (Å²) in [5.41, 5.74) is 1.90. The third-order valence-electron chi connectivity index (χ3n) is 2.95. The summed E-state index contributed by atoms with van der Waals surface area (Å²) >= 11 is 0. The molecule has 2 heterocycles. The van der Waals surface area contributed by atoms with E-state index in [2.05, 4.69) is 9.97 Å². The third-order valence-corrected chi connectivity index (χ3v) is 2.95. The molecule has 0 aliphatic heterocycles. The van der Waals surface area contributed by atoms with E-state index >= 15 is 0 Å². The molecule has 0 fully saturated rings. The number of ether oxygens (including phenoxy) is 2. The van der Waals surface area contributed by atoms with Crippen molar-refractivity contribution in [1.82, 2.24) is 14.5 Å². The Morgan fingerprint density at radius 3 is 2.68 bits per heavy atom. The van der Waals surface area contributed by atoms with Gasteiger partial charge in [-0.25, -0.2) is 9.97 Å². The quantitative estimate of drug-likeness (QED) is 0.721. The molecule has 0 aliphatic rings. The lowest BCUT2D eigenvalue weighted by atomic mass is 10.3. The lowest BCUT2D eigenvalue weighted by molar-refractivity contribution is 0.389. The van der Waals surface area contributed by atoms with Gasteiger partial charge in [-0.3, -0.25) is 4.57 Å². The minimum absolute atomic E-state index is 0.641. The molecule has 0 saturated carbocycles. The zero-order valence-electron chi connectivity index (χ0n) is 10.7. The van der Waals surface area contributed by atoms with Crippen LogP contribution < -0.4 is 9.47 Å². The van der Waals surface area contributed by atoms with Crippen LogP contribution in [0.25, 0.3) is 16.9 Å². The highest BCUT2D eigenvalue weighted by Crippen LogP contribution is 2.27. The second-order valence-corrected chi connectivity index (χ2v) is 4.00. The Labute approximate surface area is 110 Å². The summed E-state index contributed by atoms with van der Waals surface area (Å²) in [5.74, 6) is 1.99. The van der Waals surface area contributed by atoms with E-state index in [0.29, 0.717) is 17.3 Å². The van der Waals surface area contributed by atoms with E-state index in [-0.39, 0.29) is 0 Å². The van der Waals surface area contributed by atoms with Gasteiger partial charge in [0.25, 0.3) is 0 Å². The van der Waals surface area contributed by atoms with Crippen molar-refractivity contribution in [3.05, 3.63) is 42.9 Å². The van der Waals surface area contributed by atoms with Crippen LogP contribution in [-0.2, 0) is 0 Å². The molecule has 0 saturated heterocycles. The number of fused-ring (bicyclic) bond motifs is 1. The first-order valence-electron chi connectivity index (χ1n) is 5.84. The van der Waals surface area contributed by atoms with Gasteiger partial charge < -0.3 is 9.47 Å². The highest BCUT2D eigenvalue weighted by Gasteiger charge is 2.11. The number of methoxy groups -OCH3 is 2. The van der Waals surface area contributed by atoms with Crippen molar-refractivity contribution >= 4 is 11.0 Å². The molecule has 3 rings (SSSR count). The molecule has 0 bridgehead atoms. The fraction of sp³-hybridized carbons (Fsp3) is 0.143. The Balaban J connectivity index is 2.21. The predicted octanol–water partition coefficient (Wildman–Crippen LogP) is 2.44. The lowest BCUT2D eigenvalue weighted by Crippen LogP contribution is -2.00. The molecular weight excluding hydrogens is 242 g/mol. The molecule has 0 spiro atoms. The molecule has 96 valence electrons. The number of rotatable bonds is 3. The van der Waals surface area contributed by atoms with Crippen LogP contribution in [-0.4, -0.2) is 28.8 Å². The molecule has 5 heteroatoms. The lowest BCUT2D eigenvalue weighted by Gasteiger charge is -2.10. The zero-order chi connectivity index (χ0) is 13.2. The Kier molecular flexibility index (Phi) is 2.79. The van der Waals surface area contributed by atoms with E-state index in [0.717, 1.165) is 11.0 Å². The van der Waals surface area contributed by atoms with Crippen molar-refractivity contribution in [1.29, 1.82) is 0 Å². The predicted molar refractivity (Wildman–Crippen MR) is 72.0 cm³/mol. The van der Waals surface area contributed by atoms with Gasteiger partial charge in [-0.2, -0.15) is 0 Å². The summed E-state index contributed by atoms with van der Waals surface area (Å²) in [6.45, 7) is 0. The first-order valence-corrected chi connectivity index (χ1v) is 5.84. The maximum atomic E-state index is 5.37. The Morgan fingerprint density at radius 2 is 1.89 bits per heavy atom. The number of nitrogens with zero attached hydrogens (tertiary/aromatic N) is 3. The van der Waals surface area contributed by atoms with Crippen molar-refractivity contribution in [3.8, 4) is 17.3 Å². The van der Waals surface area contributed by atoms with Crippen LogP contribution in [0, 0.1) is 0 Å². The van der Waals surface area contributed by atoms with Crippen molar-refractivity contribution in [2.75, 3.05) is 14.2 Å². The molecule has 19 heavy (non-hydrogen) atoms. The smallest absolute Gasteiger partial charge is 0.181 e. The fourth-order valence-corrected chi connectivity index (χ4v) is 1.99. The zero-order valence-corrected chi connectivity index (χ0v) is 10.7. The molecule has 0 amide bonds. The van der Waals surface area contributed by atoms with Crippen molar-refractivity contribution in [2.24, 2.45) is 0 Å². The van der Waals surface area contributed by atoms with Crippen LogP contribution >= 0.6 is 0 Å². The number of benzene rings is 1. The van der Waals surface area contributed by atoms with Gasteiger partial charge in [0, 0.05) is 6.07 Å². The maximum Gasteiger partial charge on any atom is 0.181 e. The minimum atomic E-state index is 0.641. The largest absolute Gasteiger partial charge is 0.495 e. The van der Waals surface area contributed by atoms with Gasteiger partial charge in [0.15, 0.2) is 11.6 Å². The van der Waals surface area contributed by atoms with Gasteiger partial charge in [0.2, 0.25) is 0 Å². The van der Waals surface area contributed by atoms with Crippen LogP contribution in [0.1, 0.15) is 0 Å². The van der Waals surface area contributed by atoms with Crippen LogP contribution in [0.5, 0.6) is 11.5 Å². The Hall–Kier alpha value is -2.56. The van der Waals surface area contributed by atoms with Crippen molar-refractivity contribution in [3.63, 3.8) is 0 Å². The Bertz CT molecular complexity index is 722. The molecule has 0 radical (unpaired) electrons. The van der Waals surface area contributed by atoms with E-state index in [1.54, 1.807) is 32.8 Å². The summed E-state index contributed by atoms with van der Waals surface area (Å²) in [4.78, 5) is 8.74. The average molecular weight is 255 g/mol. The second kappa shape index (κ2) is 4.61.